The lowest BCUT2D eigenvalue weighted by Crippen LogP contribution is -2.03. The van der Waals surface area contributed by atoms with Crippen molar-refractivity contribution in [3.63, 3.8) is 0 Å². The second-order valence-corrected chi connectivity index (χ2v) is 3.09. The van der Waals surface area contributed by atoms with Gasteiger partial charge in [-0.2, -0.15) is 0 Å². The molecule has 4 nitrogen and oxygen atoms in total. The fourth-order valence-corrected chi connectivity index (χ4v) is 1.46. The molecule has 0 N–H and O–H groups in total. The minimum Gasteiger partial charge on any atom is -0.493 e. The van der Waals surface area contributed by atoms with E-state index in [-0.39, 0.29) is 5.78 Å². The van der Waals surface area contributed by atoms with Gasteiger partial charge in [0.15, 0.2) is 11.5 Å². The number of ketones is 1. The molecule has 90 valence electrons. The molecule has 0 aromatic heterocycles. The number of hydrogen-bond donors (Lipinski definition) is 0. The molecule has 0 saturated heterocycles. The van der Waals surface area contributed by atoms with E-state index in [2.05, 4.69) is 11.8 Å². The number of carbonyl (C=O) groups is 1. The predicted molar refractivity (Wildman–Crippen MR) is 63.9 cm³/mol. The Hall–Kier alpha value is -2.15. The van der Waals surface area contributed by atoms with Crippen LogP contribution in [0.4, 0.5) is 0 Å². The Morgan fingerprint density at radius 2 is 1.71 bits per heavy atom. The molecule has 1 rings (SSSR count). The van der Waals surface area contributed by atoms with Crippen LogP contribution >= 0.6 is 0 Å². The van der Waals surface area contributed by atoms with E-state index in [1.165, 1.54) is 21.3 Å². The molecule has 0 spiro atoms. The molecule has 0 aliphatic carbocycles. The van der Waals surface area contributed by atoms with Gasteiger partial charge in [0, 0.05) is 0 Å². The number of methoxy groups -OCH3 is 3. The van der Waals surface area contributed by atoms with Crippen LogP contribution in [0, 0.1) is 11.8 Å². The summed E-state index contributed by atoms with van der Waals surface area (Å²) < 4.78 is 15.5. The molecule has 0 bridgehead atoms. The van der Waals surface area contributed by atoms with Gasteiger partial charge < -0.3 is 14.2 Å². The summed E-state index contributed by atoms with van der Waals surface area (Å²) in [6.45, 7) is 1.60. The maximum atomic E-state index is 11.7. The van der Waals surface area contributed by atoms with Crippen LogP contribution in [0.3, 0.4) is 0 Å². The van der Waals surface area contributed by atoms with Crippen molar-refractivity contribution in [2.75, 3.05) is 21.3 Å². The van der Waals surface area contributed by atoms with Crippen molar-refractivity contribution in [3.05, 3.63) is 17.7 Å². The van der Waals surface area contributed by atoms with Crippen molar-refractivity contribution in [1.29, 1.82) is 0 Å². The van der Waals surface area contributed by atoms with Gasteiger partial charge in [0.1, 0.15) is 0 Å². The highest BCUT2D eigenvalue weighted by atomic mass is 16.5. The standard InChI is InChI=1S/C13H14O4/c1-5-6-10(14)9-7-8-11(15-2)13(17-4)12(9)16-3/h7-8H,1-4H3. The smallest absolute Gasteiger partial charge is 0.239 e. The topological polar surface area (TPSA) is 44.8 Å². The highest BCUT2D eigenvalue weighted by Crippen LogP contribution is 2.39. The summed E-state index contributed by atoms with van der Waals surface area (Å²) in [5.41, 5.74) is 0.361. The van der Waals surface area contributed by atoms with Gasteiger partial charge in [-0.3, -0.25) is 4.79 Å². The molecule has 0 aliphatic rings. The van der Waals surface area contributed by atoms with Crippen molar-refractivity contribution in [3.8, 4) is 29.1 Å². The highest BCUT2D eigenvalue weighted by molar-refractivity contribution is 6.11. The van der Waals surface area contributed by atoms with Crippen LogP contribution in [-0.4, -0.2) is 27.1 Å². The van der Waals surface area contributed by atoms with Crippen LogP contribution < -0.4 is 14.2 Å². The molecule has 0 radical (unpaired) electrons. The molecule has 0 aliphatic heterocycles. The molecule has 0 saturated carbocycles. The quantitative estimate of drug-likeness (QED) is 0.453. The van der Waals surface area contributed by atoms with Gasteiger partial charge in [-0.25, -0.2) is 0 Å². The second-order valence-electron chi connectivity index (χ2n) is 3.09. The largest absolute Gasteiger partial charge is 0.493 e. The van der Waals surface area contributed by atoms with E-state index in [1.54, 1.807) is 19.1 Å². The number of hydrogen-bond acceptors (Lipinski definition) is 4. The minimum atomic E-state index is -0.315. The van der Waals surface area contributed by atoms with Gasteiger partial charge in [-0.15, -0.1) is 0 Å². The average molecular weight is 234 g/mol. The molecule has 1 aromatic rings. The highest BCUT2D eigenvalue weighted by Gasteiger charge is 2.19. The second kappa shape index (κ2) is 5.80. The van der Waals surface area contributed by atoms with Gasteiger partial charge in [-0.1, -0.05) is 5.92 Å². The first-order chi connectivity index (χ1) is 8.19. The first-order valence-corrected chi connectivity index (χ1v) is 4.95. The molecular weight excluding hydrogens is 220 g/mol. The van der Waals surface area contributed by atoms with Gasteiger partial charge in [0.2, 0.25) is 11.5 Å². The predicted octanol–water partition coefficient (Wildman–Crippen LogP) is 1.92. The van der Waals surface area contributed by atoms with Crippen molar-refractivity contribution in [2.45, 2.75) is 6.92 Å². The molecule has 0 atom stereocenters. The van der Waals surface area contributed by atoms with Crippen molar-refractivity contribution >= 4 is 5.78 Å². The number of Topliss-reactive ketones (excluding diaryl/α,β-unsaturated/α-hetero) is 1. The van der Waals surface area contributed by atoms with Gasteiger partial charge in [0.05, 0.1) is 26.9 Å². The van der Waals surface area contributed by atoms with E-state index < -0.39 is 0 Å². The van der Waals surface area contributed by atoms with Crippen LogP contribution in [0.15, 0.2) is 12.1 Å². The van der Waals surface area contributed by atoms with E-state index in [0.29, 0.717) is 22.8 Å². The Morgan fingerprint density at radius 1 is 1.06 bits per heavy atom. The van der Waals surface area contributed by atoms with E-state index in [9.17, 15) is 4.79 Å². The normalized spacial score (nSPS) is 8.94. The third-order valence-electron chi connectivity index (χ3n) is 2.19. The third kappa shape index (κ3) is 2.51. The summed E-state index contributed by atoms with van der Waals surface area (Å²) in [6, 6.07) is 3.25. The lowest BCUT2D eigenvalue weighted by atomic mass is 10.1. The molecule has 4 heteroatoms. The molecule has 0 fully saturated rings. The number of carbonyl (C=O) groups excluding carboxylic acids is 1. The average Bonchev–Trinajstić information content (AvgIpc) is 2.36. The molecule has 17 heavy (non-hydrogen) atoms. The number of benzene rings is 1. The summed E-state index contributed by atoms with van der Waals surface area (Å²) in [6.07, 6.45) is 0. The Morgan fingerprint density at radius 3 is 2.18 bits per heavy atom. The maximum absolute atomic E-state index is 11.7. The van der Waals surface area contributed by atoms with E-state index in [1.807, 2.05) is 0 Å². The monoisotopic (exact) mass is 234 g/mol. The fraction of sp³-hybridized carbons (Fsp3) is 0.308. The Bertz CT molecular complexity index is 480. The van der Waals surface area contributed by atoms with Crippen LogP contribution in [0.25, 0.3) is 0 Å². The van der Waals surface area contributed by atoms with Gasteiger partial charge in [-0.05, 0) is 25.0 Å². The number of ether oxygens (including phenoxy) is 3. The summed E-state index contributed by atoms with van der Waals surface area (Å²) >= 11 is 0. The lowest BCUT2D eigenvalue weighted by molar-refractivity contribution is 0.105. The van der Waals surface area contributed by atoms with Crippen molar-refractivity contribution < 1.29 is 19.0 Å². The fourth-order valence-electron chi connectivity index (χ4n) is 1.46. The van der Waals surface area contributed by atoms with Crippen molar-refractivity contribution in [1.82, 2.24) is 0 Å². The Balaban J connectivity index is 3.41. The van der Waals surface area contributed by atoms with Crippen molar-refractivity contribution in [2.24, 2.45) is 0 Å². The molecule has 0 unspecified atom stereocenters. The summed E-state index contributed by atoms with van der Waals surface area (Å²) in [7, 11) is 4.47. The van der Waals surface area contributed by atoms with Gasteiger partial charge >= 0.3 is 0 Å². The van der Waals surface area contributed by atoms with Gasteiger partial charge in [0.25, 0.3) is 0 Å². The zero-order valence-corrected chi connectivity index (χ0v) is 10.3. The van der Waals surface area contributed by atoms with E-state index in [4.69, 9.17) is 14.2 Å². The van der Waals surface area contributed by atoms with Crippen LogP contribution in [-0.2, 0) is 0 Å². The molecule has 1 aromatic carbocycles. The summed E-state index contributed by atoms with van der Waals surface area (Å²) in [5.74, 6) is 5.93. The minimum absolute atomic E-state index is 0.315. The maximum Gasteiger partial charge on any atom is 0.239 e. The zero-order chi connectivity index (χ0) is 12.8. The third-order valence-corrected chi connectivity index (χ3v) is 2.19. The first kappa shape index (κ1) is 12.9. The van der Waals surface area contributed by atoms with E-state index in [0.717, 1.165) is 0 Å². The van der Waals surface area contributed by atoms with Crippen LogP contribution in [0.2, 0.25) is 0 Å². The van der Waals surface area contributed by atoms with Crippen LogP contribution in [0.1, 0.15) is 17.3 Å². The summed E-state index contributed by atoms with van der Waals surface area (Å²) in [4.78, 5) is 11.7. The summed E-state index contributed by atoms with van der Waals surface area (Å²) in [5, 5.41) is 0. The van der Waals surface area contributed by atoms with E-state index >= 15 is 0 Å². The zero-order valence-electron chi connectivity index (χ0n) is 10.3. The first-order valence-electron chi connectivity index (χ1n) is 4.95. The SMILES string of the molecule is CC#CC(=O)c1ccc(OC)c(OC)c1OC. The molecular formula is C13H14O4. The lowest BCUT2D eigenvalue weighted by Gasteiger charge is -2.13. The Kier molecular flexibility index (Phi) is 4.41. The van der Waals surface area contributed by atoms with Crippen LogP contribution in [0.5, 0.6) is 17.2 Å². The molecule has 0 heterocycles. The Labute approximate surface area is 100 Å². The number of rotatable bonds is 4. The molecule has 0 amide bonds.